The Labute approximate surface area is 118 Å². The fourth-order valence-electron chi connectivity index (χ4n) is 2.21. The second kappa shape index (κ2) is 7.53. The lowest BCUT2D eigenvalue weighted by Gasteiger charge is -2.24. The van der Waals surface area contributed by atoms with Gasteiger partial charge in [-0.1, -0.05) is 32.9 Å². The number of benzene rings is 1. The lowest BCUT2D eigenvalue weighted by Crippen LogP contribution is -2.33. The normalized spacial score (nSPS) is 14.9. The smallest absolute Gasteiger partial charge is 0.406 e. The second-order valence-corrected chi connectivity index (χ2v) is 4.87. The summed E-state index contributed by atoms with van der Waals surface area (Å²) in [6.07, 6.45) is -2.61. The molecule has 0 aliphatic heterocycles. The fraction of sp³-hybridized carbons (Fsp3) is 0.600. The van der Waals surface area contributed by atoms with Crippen molar-refractivity contribution in [1.29, 1.82) is 0 Å². The molecule has 0 fully saturated rings. The van der Waals surface area contributed by atoms with Gasteiger partial charge in [-0.3, -0.25) is 0 Å². The maximum absolute atomic E-state index is 12.1. The molecule has 20 heavy (non-hydrogen) atoms. The summed E-state index contributed by atoms with van der Waals surface area (Å²) in [5, 5.41) is 3.46. The molecule has 0 saturated heterocycles. The van der Waals surface area contributed by atoms with Crippen molar-refractivity contribution in [2.24, 2.45) is 0 Å². The van der Waals surface area contributed by atoms with Crippen LogP contribution in [0.1, 0.15) is 45.1 Å². The van der Waals surface area contributed by atoms with Crippen LogP contribution in [0.25, 0.3) is 0 Å². The third kappa shape index (κ3) is 5.41. The van der Waals surface area contributed by atoms with Crippen LogP contribution in [0.4, 0.5) is 13.2 Å². The zero-order valence-corrected chi connectivity index (χ0v) is 12.1. The highest BCUT2D eigenvalue weighted by atomic mass is 19.4. The van der Waals surface area contributed by atoms with Gasteiger partial charge in [-0.15, -0.1) is 13.2 Å². The maximum Gasteiger partial charge on any atom is 0.573 e. The Morgan fingerprint density at radius 3 is 2.20 bits per heavy atom. The standard InChI is InChI=1S/C15H22F3NO/c1-4-10-19-14(5-2)11(3)12-6-8-13(9-7-12)20-15(16,17)18/h6-9,11,14,19H,4-5,10H2,1-3H3. The second-order valence-electron chi connectivity index (χ2n) is 4.87. The number of halogens is 3. The summed E-state index contributed by atoms with van der Waals surface area (Å²) in [6, 6.07) is 6.45. The Morgan fingerprint density at radius 1 is 1.15 bits per heavy atom. The first-order valence-electron chi connectivity index (χ1n) is 6.96. The third-order valence-corrected chi connectivity index (χ3v) is 3.34. The summed E-state index contributed by atoms with van der Waals surface area (Å²) in [5.74, 6) is 0.0644. The van der Waals surface area contributed by atoms with E-state index >= 15 is 0 Å². The summed E-state index contributed by atoms with van der Waals surface area (Å²) in [7, 11) is 0. The highest BCUT2D eigenvalue weighted by molar-refractivity contribution is 5.30. The van der Waals surface area contributed by atoms with E-state index in [1.165, 1.54) is 12.1 Å². The molecule has 114 valence electrons. The van der Waals surface area contributed by atoms with Crippen molar-refractivity contribution < 1.29 is 17.9 Å². The highest BCUT2D eigenvalue weighted by Crippen LogP contribution is 2.26. The van der Waals surface area contributed by atoms with Crippen molar-refractivity contribution in [1.82, 2.24) is 5.32 Å². The van der Waals surface area contributed by atoms with E-state index in [1.807, 2.05) is 0 Å². The van der Waals surface area contributed by atoms with Crippen LogP contribution in [0.5, 0.6) is 5.75 Å². The van der Waals surface area contributed by atoms with Gasteiger partial charge < -0.3 is 10.1 Å². The molecule has 0 radical (unpaired) electrons. The Balaban J connectivity index is 2.71. The number of rotatable bonds is 7. The summed E-state index contributed by atoms with van der Waals surface area (Å²) >= 11 is 0. The Hall–Kier alpha value is -1.23. The molecule has 0 amide bonds. The van der Waals surface area contributed by atoms with E-state index in [4.69, 9.17) is 0 Å². The molecule has 5 heteroatoms. The van der Waals surface area contributed by atoms with Crippen molar-refractivity contribution in [2.75, 3.05) is 6.54 Å². The number of hydrogen-bond donors (Lipinski definition) is 1. The first-order chi connectivity index (χ1) is 9.37. The van der Waals surface area contributed by atoms with E-state index in [1.54, 1.807) is 12.1 Å². The largest absolute Gasteiger partial charge is 0.573 e. The van der Waals surface area contributed by atoms with Crippen molar-refractivity contribution in [3.63, 3.8) is 0 Å². The van der Waals surface area contributed by atoms with Crippen molar-refractivity contribution in [3.05, 3.63) is 29.8 Å². The molecular weight excluding hydrogens is 267 g/mol. The molecule has 0 spiro atoms. The Morgan fingerprint density at radius 2 is 1.75 bits per heavy atom. The predicted molar refractivity (Wildman–Crippen MR) is 73.9 cm³/mol. The van der Waals surface area contributed by atoms with Gasteiger partial charge in [-0.2, -0.15) is 0 Å². The average molecular weight is 289 g/mol. The Kier molecular flexibility index (Phi) is 6.33. The summed E-state index contributed by atoms with van der Waals surface area (Å²) in [5.41, 5.74) is 1.01. The molecule has 0 aromatic heterocycles. The van der Waals surface area contributed by atoms with Crippen LogP contribution < -0.4 is 10.1 Å². The van der Waals surface area contributed by atoms with Crippen LogP contribution in [0.15, 0.2) is 24.3 Å². The molecule has 1 N–H and O–H groups in total. The molecule has 1 rings (SSSR count). The highest BCUT2D eigenvalue weighted by Gasteiger charge is 2.31. The van der Waals surface area contributed by atoms with Gasteiger partial charge >= 0.3 is 6.36 Å². The molecule has 2 unspecified atom stereocenters. The van der Waals surface area contributed by atoms with E-state index in [9.17, 15) is 13.2 Å². The SMILES string of the molecule is CCCNC(CC)C(C)c1ccc(OC(F)(F)F)cc1. The van der Waals surface area contributed by atoms with Crippen molar-refractivity contribution in [2.45, 2.75) is 51.9 Å². The predicted octanol–water partition coefficient (Wildman–Crippen LogP) is 4.47. The minimum absolute atomic E-state index is 0.178. The first-order valence-corrected chi connectivity index (χ1v) is 6.96. The monoisotopic (exact) mass is 289 g/mol. The number of ether oxygens (including phenoxy) is 1. The van der Waals surface area contributed by atoms with Gasteiger partial charge in [-0.05, 0) is 43.0 Å². The molecule has 1 aromatic carbocycles. The molecular formula is C15H22F3NO. The minimum Gasteiger partial charge on any atom is -0.406 e. The van der Waals surface area contributed by atoms with Crippen LogP contribution in [-0.4, -0.2) is 18.9 Å². The fourth-order valence-corrected chi connectivity index (χ4v) is 2.21. The van der Waals surface area contributed by atoms with Gasteiger partial charge in [-0.25, -0.2) is 0 Å². The average Bonchev–Trinajstić information content (AvgIpc) is 2.38. The van der Waals surface area contributed by atoms with Gasteiger partial charge in [0.25, 0.3) is 0 Å². The number of nitrogens with one attached hydrogen (secondary N) is 1. The van der Waals surface area contributed by atoms with E-state index in [0.717, 1.165) is 24.9 Å². The molecule has 0 bridgehead atoms. The van der Waals surface area contributed by atoms with E-state index < -0.39 is 6.36 Å². The molecule has 0 aliphatic carbocycles. The third-order valence-electron chi connectivity index (χ3n) is 3.34. The maximum atomic E-state index is 12.1. The van der Waals surface area contributed by atoms with Gasteiger partial charge in [0.2, 0.25) is 0 Å². The van der Waals surface area contributed by atoms with Gasteiger partial charge in [0.1, 0.15) is 5.75 Å². The molecule has 2 nitrogen and oxygen atoms in total. The topological polar surface area (TPSA) is 21.3 Å². The lowest BCUT2D eigenvalue weighted by molar-refractivity contribution is -0.274. The number of alkyl halides is 3. The quantitative estimate of drug-likeness (QED) is 0.799. The molecule has 1 aromatic rings. The molecule has 2 atom stereocenters. The van der Waals surface area contributed by atoms with Crippen LogP contribution in [0, 0.1) is 0 Å². The molecule has 0 heterocycles. The molecule has 0 aliphatic rings. The first kappa shape index (κ1) is 16.8. The van der Waals surface area contributed by atoms with Crippen molar-refractivity contribution >= 4 is 0 Å². The van der Waals surface area contributed by atoms with Crippen molar-refractivity contribution in [3.8, 4) is 5.75 Å². The van der Waals surface area contributed by atoms with Crippen LogP contribution in [0.2, 0.25) is 0 Å². The van der Waals surface area contributed by atoms with E-state index in [0.29, 0.717) is 6.04 Å². The van der Waals surface area contributed by atoms with Crippen LogP contribution >= 0.6 is 0 Å². The zero-order valence-electron chi connectivity index (χ0n) is 12.1. The van der Waals surface area contributed by atoms with E-state index in [-0.39, 0.29) is 11.7 Å². The Bertz CT molecular complexity index is 389. The van der Waals surface area contributed by atoms with E-state index in [2.05, 4.69) is 30.8 Å². The number of hydrogen-bond acceptors (Lipinski definition) is 2. The zero-order chi connectivity index (χ0) is 15.2. The molecule has 0 saturated carbocycles. The van der Waals surface area contributed by atoms with Crippen LogP contribution in [0.3, 0.4) is 0 Å². The van der Waals surface area contributed by atoms with Gasteiger partial charge in [0.15, 0.2) is 0 Å². The summed E-state index contributed by atoms with van der Waals surface area (Å²) in [6.45, 7) is 7.23. The summed E-state index contributed by atoms with van der Waals surface area (Å²) < 4.78 is 40.1. The lowest BCUT2D eigenvalue weighted by atomic mass is 9.91. The van der Waals surface area contributed by atoms with Gasteiger partial charge in [0.05, 0.1) is 0 Å². The summed E-state index contributed by atoms with van der Waals surface area (Å²) in [4.78, 5) is 0. The van der Waals surface area contributed by atoms with Gasteiger partial charge in [0, 0.05) is 6.04 Å². The minimum atomic E-state index is -4.64. The van der Waals surface area contributed by atoms with Crippen LogP contribution in [-0.2, 0) is 0 Å².